The van der Waals surface area contributed by atoms with E-state index in [0.717, 1.165) is 21.3 Å². The van der Waals surface area contributed by atoms with Gasteiger partial charge in [-0.05, 0) is 42.8 Å². The average molecular weight is 433 g/mol. The van der Waals surface area contributed by atoms with E-state index in [1.165, 1.54) is 0 Å². The minimum absolute atomic E-state index is 0.116. The molecule has 0 unspecified atom stereocenters. The Bertz CT molecular complexity index is 1120. The minimum atomic E-state index is -0.350. The summed E-state index contributed by atoms with van der Waals surface area (Å²) in [7, 11) is 0. The molecule has 1 aromatic heterocycles. The summed E-state index contributed by atoms with van der Waals surface area (Å²) in [5, 5.41) is 7.36. The highest BCUT2D eigenvalue weighted by Crippen LogP contribution is 2.25. The van der Waals surface area contributed by atoms with Gasteiger partial charge in [-0.2, -0.15) is 0 Å². The fourth-order valence-corrected chi connectivity index (χ4v) is 3.14. The molecule has 28 heavy (non-hydrogen) atoms. The third kappa shape index (κ3) is 3.73. The summed E-state index contributed by atoms with van der Waals surface area (Å²) in [6, 6.07) is 24.9. The summed E-state index contributed by atoms with van der Waals surface area (Å²) in [5.41, 5.74) is 3.50. The number of hydrogen-bond acceptors (Lipinski definition) is 3. The number of aryl methyl sites for hydroxylation is 1. The Kier molecular flexibility index (Phi) is 5.04. The van der Waals surface area contributed by atoms with Gasteiger partial charge < -0.3 is 5.32 Å². The number of nitrogens with one attached hydrogen (secondary N) is 1. The van der Waals surface area contributed by atoms with E-state index in [0.29, 0.717) is 11.5 Å². The highest BCUT2D eigenvalue weighted by atomic mass is 79.9. The molecule has 6 heteroatoms. The minimum Gasteiger partial charge on any atom is -0.319 e. The number of nitrogens with zero attached hydrogens (tertiary/aromatic N) is 3. The molecule has 0 saturated heterocycles. The van der Waals surface area contributed by atoms with Crippen molar-refractivity contribution in [1.82, 2.24) is 14.8 Å². The molecule has 0 aliphatic rings. The standard InChI is InChI=1S/C22H17BrN4O/c1-15-7-5-6-10-19(15)27-21(16-11-13-17(23)14-12-16)25-20(26-27)22(28)24-18-8-3-2-4-9-18/h2-14H,1H3,(H,24,28). The number of aromatic nitrogens is 3. The molecule has 4 aromatic rings. The lowest BCUT2D eigenvalue weighted by molar-refractivity contribution is 0.101. The Hall–Kier alpha value is -3.25. The molecule has 5 nitrogen and oxygen atoms in total. The van der Waals surface area contributed by atoms with Crippen LogP contribution in [-0.4, -0.2) is 20.7 Å². The number of carbonyl (C=O) groups excluding carboxylic acids is 1. The summed E-state index contributed by atoms with van der Waals surface area (Å²) in [5.74, 6) is 0.377. The van der Waals surface area contributed by atoms with E-state index in [9.17, 15) is 4.79 Å². The number of para-hydroxylation sites is 2. The van der Waals surface area contributed by atoms with Gasteiger partial charge in [0.25, 0.3) is 5.91 Å². The van der Waals surface area contributed by atoms with Crippen LogP contribution in [0.2, 0.25) is 0 Å². The Morgan fingerprint density at radius 2 is 1.61 bits per heavy atom. The van der Waals surface area contributed by atoms with Gasteiger partial charge in [0, 0.05) is 15.7 Å². The van der Waals surface area contributed by atoms with Gasteiger partial charge in [0.1, 0.15) is 0 Å². The smallest absolute Gasteiger partial charge is 0.295 e. The van der Waals surface area contributed by atoms with Crippen molar-refractivity contribution in [3.8, 4) is 17.1 Å². The lowest BCUT2D eigenvalue weighted by Gasteiger charge is -2.08. The lowest BCUT2D eigenvalue weighted by Crippen LogP contribution is -2.14. The third-order valence-electron chi connectivity index (χ3n) is 4.29. The number of carbonyl (C=O) groups is 1. The first-order valence-corrected chi connectivity index (χ1v) is 9.56. The number of rotatable bonds is 4. The van der Waals surface area contributed by atoms with Crippen LogP contribution < -0.4 is 5.32 Å². The van der Waals surface area contributed by atoms with Crippen molar-refractivity contribution in [3.05, 3.63) is 94.7 Å². The highest BCUT2D eigenvalue weighted by molar-refractivity contribution is 9.10. The van der Waals surface area contributed by atoms with E-state index >= 15 is 0 Å². The molecule has 0 aliphatic carbocycles. The molecule has 0 radical (unpaired) electrons. The molecule has 1 heterocycles. The molecular formula is C22H17BrN4O. The fourth-order valence-electron chi connectivity index (χ4n) is 2.87. The number of halogens is 1. The molecule has 0 atom stereocenters. The van der Waals surface area contributed by atoms with E-state index < -0.39 is 0 Å². The van der Waals surface area contributed by atoms with Crippen LogP contribution in [0.3, 0.4) is 0 Å². The molecule has 138 valence electrons. The molecule has 0 spiro atoms. The zero-order valence-corrected chi connectivity index (χ0v) is 16.7. The second-order valence-electron chi connectivity index (χ2n) is 6.28. The van der Waals surface area contributed by atoms with Crippen molar-refractivity contribution >= 4 is 27.5 Å². The molecule has 1 amide bonds. The fraction of sp³-hybridized carbons (Fsp3) is 0.0455. The summed E-state index contributed by atoms with van der Waals surface area (Å²) < 4.78 is 2.69. The SMILES string of the molecule is Cc1ccccc1-n1nc(C(=O)Nc2ccccc2)nc1-c1ccc(Br)cc1. The Balaban J connectivity index is 1.79. The maximum Gasteiger partial charge on any atom is 0.295 e. The zero-order chi connectivity index (χ0) is 19.5. The predicted molar refractivity (Wildman–Crippen MR) is 114 cm³/mol. The third-order valence-corrected chi connectivity index (χ3v) is 4.82. The van der Waals surface area contributed by atoms with Crippen LogP contribution in [0.4, 0.5) is 5.69 Å². The number of amides is 1. The summed E-state index contributed by atoms with van der Waals surface area (Å²) in [4.78, 5) is 17.3. The monoisotopic (exact) mass is 432 g/mol. The van der Waals surface area contributed by atoms with E-state index in [1.807, 2.05) is 85.8 Å². The van der Waals surface area contributed by atoms with E-state index in [2.05, 4.69) is 31.3 Å². The molecule has 0 fully saturated rings. The molecule has 0 bridgehead atoms. The summed E-state index contributed by atoms with van der Waals surface area (Å²) in [6.45, 7) is 2.01. The Morgan fingerprint density at radius 3 is 2.32 bits per heavy atom. The van der Waals surface area contributed by atoms with Gasteiger partial charge >= 0.3 is 0 Å². The van der Waals surface area contributed by atoms with Crippen molar-refractivity contribution in [2.75, 3.05) is 5.32 Å². The number of anilines is 1. The van der Waals surface area contributed by atoms with Crippen LogP contribution in [0.1, 0.15) is 16.2 Å². The first-order chi connectivity index (χ1) is 13.6. The maximum atomic E-state index is 12.7. The Labute approximate surface area is 171 Å². The lowest BCUT2D eigenvalue weighted by atomic mass is 10.2. The molecule has 1 N–H and O–H groups in total. The zero-order valence-electron chi connectivity index (χ0n) is 15.1. The second kappa shape index (κ2) is 7.78. The Morgan fingerprint density at radius 1 is 0.929 bits per heavy atom. The van der Waals surface area contributed by atoms with Gasteiger partial charge in [0.05, 0.1) is 5.69 Å². The van der Waals surface area contributed by atoms with Crippen LogP contribution in [0, 0.1) is 6.92 Å². The van der Waals surface area contributed by atoms with Crippen molar-refractivity contribution in [1.29, 1.82) is 0 Å². The van der Waals surface area contributed by atoms with Crippen molar-refractivity contribution in [3.63, 3.8) is 0 Å². The quantitative estimate of drug-likeness (QED) is 0.478. The van der Waals surface area contributed by atoms with Crippen LogP contribution in [0.25, 0.3) is 17.1 Å². The molecule has 0 aliphatic heterocycles. The van der Waals surface area contributed by atoms with Crippen LogP contribution >= 0.6 is 15.9 Å². The first kappa shape index (κ1) is 18.1. The average Bonchev–Trinajstić information content (AvgIpc) is 3.15. The van der Waals surface area contributed by atoms with Gasteiger partial charge in [-0.15, -0.1) is 5.10 Å². The van der Waals surface area contributed by atoms with Gasteiger partial charge in [-0.25, -0.2) is 9.67 Å². The van der Waals surface area contributed by atoms with Crippen LogP contribution in [0.15, 0.2) is 83.3 Å². The topological polar surface area (TPSA) is 59.8 Å². The second-order valence-corrected chi connectivity index (χ2v) is 7.20. The predicted octanol–water partition coefficient (Wildman–Crippen LogP) is 5.26. The number of hydrogen-bond donors (Lipinski definition) is 1. The molecule has 4 rings (SSSR count). The van der Waals surface area contributed by atoms with E-state index in [1.54, 1.807) is 4.68 Å². The van der Waals surface area contributed by atoms with Crippen LogP contribution in [0.5, 0.6) is 0 Å². The molecule has 0 saturated carbocycles. The first-order valence-electron chi connectivity index (χ1n) is 8.77. The summed E-state index contributed by atoms with van der Waals surface area (Å²) in [6.07, 6.45) is 0. The molecule has 3 aromatic carbocycles. The number of benzene rings is 3. The molecular weight excluding hydrogens is 416 g/mol. The van der Waals surface area contributed by atoms with E-state index in [-0.39, 0.29) is 11.7 Å². The van der Waals surface area contributed by atoms with Crippen molar-refractivity contribution < 1.29 is 4.79 Å². The van der Waals surface area contributed by atoms with Gasteiger partial charge in [0.2, 0.25) is 5.82 Å². The maximum absolute atomic E-state index is 12.7. The van der Waals surface area contributed by atoms with Gasteiger partial charge in [-0.3, -0.25) is 4.79 Å². The van der Waals surface area contributed by atoms with Crippen LogP contribution in [-0.2, 0) is 0 Å². The van der Waals surface area contributed by atoms with Gasteiger partial charge in [-0.1, -0.05) is 64.5 Å². The van der Waals surface area contributed by atoms with E-state index in [4.69, 9.17) is 0 Å². The van der Waals surface area contributed by atoms with Gasteiger partial charge in [0.15, 0.2) is 5.82 Å². The summed E-state index contributed by atoms with van der Waals surface area (Å²) >= 11 is 3.45. The highest BCUT2D eigenvalue weighted by Gasteiger charge is 2.19. The van der Waals surface area contributed by atoms with Crippen molar-refractivity contribution in [2.45, 2.75) is 6.92 Å². The van der Waals surface area contributed by atoms with Crippen molar-refractivity contribution in [2.24, 2.45) is 0 Å². The largest absolute Gasteiger partial charge is 0.319 e. The normalized spacial score (nSPS) is 10.6.